The van der Waals surface area contributed by atoms with Crippen molar-refractivity contribution in [1.29, 1.82) is 0 Å². The second kappa shape index (κ2) is 10.6. The van der Waals surface area contributed by atoms with Crippen LogP contribution in [0.3, 0.4) is 0 Å². The molecule has 0 spiro atoms. The number of nitrogens with one attached hydrogen (secondary N) is 3. The van der Waals surface area contributed by atoms with E-state index < -0.39 is 11.7 Å². The average molecular weight is 415 g/mol. The minimum absolute atomic E-state index is 0.146. The smallest absolute Gasteiger partial charge is 0.426 e. The van der Waals surface area contributed by atoms with Crippen molar-refractivity contribution in [2.45, 2.75) is 33.4 Å². The number of aromatic nitrogens is 3. The zero-order valence-electron chi connectivity index (χ0n) is 16.9. The zero-order chi connectivity index (χ0) is 22.1. The molecule has 0 atom stereocenters. The molecule has 30 heavy (non-hydrogen) atoms. The summed E-state index contributed by atoms with van der Waals surface area (Å²) in [7, 11) is 0. The molecule has 0 aliphatic rings. The largest absolute Gasteiger partial charge is 0.448 e. The van der Waals surface area contributed by atoms with Gasteiger partial charge in [-0.3, -0.25) is 19.6 Å². The third-order valence-electron chi connectivity index (χ3n) is 4.09. The number of amides is 2. The van der Waals surface area contributed by atoms with E-state index >= 15 is 0 Å². The van der Waals surface area contributed by atoms with Gasteiger partial charge in [0, 0.05) is 24.1 Å². The Morgan fingerprint density at radius 2 is 2.10 bits per heavy atom. The zero-order valence-corrected chi connectivity index (χ0v) is 16.9. The van der Waals surface area contributed by atoms with Crippen molar-refractivity contribution in [1.82, 2.24) is 25.3 Å². The van der Waals surface area contributed by atoms with Crippen LogP contribution in [0.15, 0.2) is 35.8 Å². The molecule has 11 heteroatoms. The molecule has 0 bridgehead atoms. The number of aryl methyl sites for hydroxylation is 2. The van der Waals surface area contributed by atoms with Gasteiger partial charge in [0.15, 0.2) is 0 Å². The summed E-state index contributed by atoms with van der Waals surface area (Å²) in [5, 5.41) is 2.74. The van der Waals surface area contributed by atoms with Gasteiger partial charge in [-0.1, -0.05) is 12.1 Å². The van der Waals surface area contributed by atoms with Gasteiger partial charge in [-0.2, -0.15) is 0 Å². The number of ether oxygens (including phenoxy) is 1. The first kappa shape index (κ1) is 22.4. The number of carbonyl (C=O) groups excluding carboxylic acids is 2. The maximum absolute atomic E-state index is 12.6. The molecular weight excluding hydrogens is 390 g/mol. The molecular formula is C19H25N7O4. The van der Waals surface area contributed by atoms with Gasteiger partial charge < -0.3 is 15.8 Å². The molecule has 160 valence electrons. The van der Waals surface area contributed by atoms with Gasteiger partial charge >= 0.3 is 6.09 Å². The van der Waals surface area contributed by atoms with E-state index in [9.17, 15) is 14.4 Å². The lowest BCUT2D eigenvalue weighted by atomic mass is 10.2. The van der Waals surface area contributed by atoms with Crippen molar-refractivity contribution in [3.63, 3.8) is 0 Å². The Kier molecular flexibility index (Phi) is 7.91. The number of anilines is 2. The normalized spacial score (nSPS) is 10.2. The van der Waals surface area contributed by atoms with Crippen molar-refractivity contribution in [3.05, 3.63) is 58.3 Å². The quantitative estimate of drug-likeness (QED) is 0.266. The molecule has 0 aromatic carbocycles. The van der Waals surface area contributed by atoms with Gasteiger partial charge in [-0.25, -0.2) is 20.2 Å². The summed E-state index contributed by atoms with van der Waals surface area (Å²) in [6, 6.07) is 3.43. The lowest BCUT2D eigenvalue weighted by Crippen LogP contribution is -2.38. The molecule has 2 rings (SSSR count). The maximum atomic E-state index is 12.6. The van der Waals surface area contributed by atoms with Gasteiger partial charge in [0.05, 0.1) is 6.61 Å². The fourth-order valence-electron chi connectivity index (χ4n) is 2.42. The first-order valence-electron chi connectivity index (χ1n) is 9.16. The molecule has 2 amide bonds. The SMILES string of the molecule is C=CCCOC(=O)NNc1ncc(C)n(CC(=O)NCc2ccc(N)nc2C)c1=O. The molecule has 5 N–H and O–H groups in total. The van der Waals surface area contributed by atoms with Crippen LogP contribution in [0.2, 0.25) is 0 Å². The third-order valence-corrected chi connectivity index (χ3v) is 4.09. The van der Waals surface area contributed by atoms with E-state index in [0.29, 0.717) is 23.6 Å². The lowest BCUT2D eigenvalue weighted by molar-refractivity contribution is -0.121. The van der Waals surface area contributed by atoms with Crippen molar-refractivity contribution in [2.75, 3.05) is 17.8 Å². The number of hydrazine groups is 1. The highest BCUT2D eigenvalue weighted by molar-refractivity contribution is 5.76. The fraction of sp³-hybridized carbons (Fsp3) is 0.316. The van der Waals surface area contributed by atoms with Crippen LogP contribution in [0.4, 0.5) is 16.4 Å². The summed E-state index contributed by atoms with van der Waals surface area (Å²) < 4.78 is 6.10. The molecule has 2 heterocycles. The number of pyridine rings is 1. The second-order valence-electron chi connectivity index (χ2n) is 6.36. The van der Waals surface area contributed by atoms with Crippen molar-refractivity contribution >= 4 is 23.6 Å². The molecule has 11 nitrogen and oxygen atoms in total. The summed E-state index contributed by atoms with van der Waals surface area (Å²) in [4.78, 5) is 44.6. The van der Waals surface area contributed by atoms with Crippen LogP contribution in [-0.2, 0) is 22.6 Å². The predicted molar refractivity (Wildman–Crippen MR) is 111 cm³/mol. The van der Waals surface area contributed by atoms with Crippen molar-refractivity contribution < 1.29 is 14.3 Å². The number of nitrogens with two attached hydrogens (primary N) is 1. The average Bonchev–Trinajstić information content (AvgIpc) is 2.70. The first-order chi connectivity index (χ1) is 14.3. The number of rotatable bonds is 9. The summed E-state index contributed by atoms with van der Waals surface area (Å²) in [6.45, 7) is 7.16. The summed E-state index contributed by atoms with van der Waals surface area (Å²) in [6.07, 6.45) is 2.76. The van der Waals surface area contributed by atoms with Crippen LogP contribution < -0.4 is 27.5 Å². The van der Waals surface area contributed by atoms with Crippen LogP contribution in [0.5, 0.6) is 0 Å². The molecule has 0 unspecified atom stereocenters. The Morgan fingerprint density at radius 1 is 1.33 bits per heavy atom. The summed E-state index contributed by atoms with van der Waals surface area (Å²) in [5.41, 5.74) is 11.7. The van der Waals surface area contributed by atoms with E-state index in [-0.39, 0.29) is 31.4 Å². The number of hydrogen-bond donors (Lipinski definition) is 4. The van der Waals surface area contributed by atoms with Crippen molar-refractivity contribution in [3.8, 4) is 0 Å². The van der Waals surface area contributed by atoms with Crippen LogP contribution in [-0.4, -0.2) is 33.1 Å². The molecule has 0 saturated carbocycles. The van der Waals surface area contributed by atoms with Crippen LogP contribution >= 0.6 is 0 Å². The number of nitrogens with zero attached hydrogens (tertiary/aromatic N) is 3. The minimum Gasteiger partial charge on any atom is -0.448 e. The van der Waals surface area contributed by atoms with Crippen molar-refractivity contribution in [2.24, 2.45) is 0 Å². The number of carbonyl (C=O) groups is 2. The molecule has 2 aromatic rings. The van der Waals surface area contributed by atoms with Gasteiger partial charge in [-0.15, -0.1) is 6.58 Å². The van der Waals surface area contributed by atoms with E-state index in [1.165, 1.54) is 10.8 Å². The monoisotopic (exact) mass is 415 g/mol. The molecule has 0 aliphatic heterocycles. The number of nitrogen functional groups attached to an aromatic ring is 1. The van der Waals surface area contributed by atoms with E-state index in [2.05, 4.69) is 32.7 Å². The van der Waals surface area contributed by atoms with E-state index in [4.69, 9.17) is 10.5 Å². The molecule has 0 saturated heterocycles. The Bertz CT molecular complexity index is 987. The van der Waals surface area contributed by atoms with Gasteiger partial charge in [0.1, 0.15) is 12.4 Å². The predicted octanol–water partition coefficient (Wildman–Crippen LogP) is 0.783. The van der Waals surface area contributed by atoms with Gasteiger partial charge in [0.25, 0.3) is 5.56 Å². The van der Waals surface area contributed by atoms with Crippen LogP contribution in [0.25, 0.3) is 0 Å². The molecule has 0 radical (unpaired) electrons. The summed E-state index contributed by atoms with van der Waals surface area (Å²) >= 11 is 0. The van der Waals surface area contributed by atoms with E-state index in [1.807, 2.05) is 0 Å². The molecule has 0 aliphatic carbocycles. The Labute approximate surface area is 173 Å². The van der Waals surface area contributed by atoms with Gasteiger partial charge in [0.2, 0.25) is 11.7 Å². The number of hydrogen-bond acceptors (Lipinski definition) is 8. The highest BCUT2D eigenvalue weighted by atomic mass is 16.6. The highest BCUT2D eigenvalue weighted by Gasteiger charge is 2.13. The third kappa shape index (κ3) is 6.33. The van der Waals surface area contributed by atoms with Crippen LogP contribution in [0, 0.1) is 13.8 Å². The second-order valence-corrected chi connectivity index (χ2v) is 6.36. The summed E-state index contributed by atoms with van der Waals surface area (Å²) in [5.74, 6) is -0.113. The topological polar surface area (TPSA) is 153 Å². The first-order valence-corrected chi connectivity index (χ1v) is 9.16. The maximum Gasteiger partial charge on any atom is 0.426 e. The van der Waals surface area contributed by atoms with Gasteiger partial charge in [-0.05, 0) is 31.9 Å². The Hall–Kier alpha value is -3.89. The molecule has 0 fully saturated rings. The van der Waals surface area contributed by atoms with E-state index in [0.717, 1.165) is 5.56 Å². The lowest BCUT2D eigenvalue weighted by Gasteiger charge is -2.13. The Balaban J connectivity index is 1.98. The standard InChI is InChI=1S/C19H25N7O4/c1-4-5-8-30-19(29)25-24-17-18(28)26(12(2)9-22-17)11-16(27)21-10-14-6-7-15(20)23-13(14)3/h4,6-7,9H,1,5,8,10-11H2,2-3H3,(H2,20,23)(H,21,27)(H,22,24)(H,25,29). The van der Waals surface area contributed by atoms with E-state index in [1.54, 1.807) is 32.1 Å². The molecule has 2 aromatic heterocycles. The minimum atomic E-state index is -0.768. The Morgan fingerprint density at radius 3 is 2.80 bits per heavy atom. The van der Waals surface area contributed by atoms with Crippen LogP contribution in [0.1, 0.15) is 23.4 Å². The fourth-order valence-corrected chi connectivity index (χ4v) is 2.42. The highest BCUT2D eigenvalue weighted by Crippen LogP contribution is 2.07.